The molecule has 1 aromatic carbocycles. The summed E-state index contributed by atoms with van der Waals surface area (Å²) >= 11 is 2.99. The Labute approximate surface area is 166 Å². The monoisotopic (exact) mass is 421 g/mol. The maximum Gasteiger partial charge on any atom is 0.231 e. The maximum atomic E-state index is 12.1. The van der Waals surface area contributed by atoms with Crippen molar-refractivity contribution in [3.05, 3.63) is 52.0 Å². The fourth-order valence-electron chi connectivity index (χ4n) is 2.37. The number of anilines is 2. The van der Waals surface area contributed by atoms with Gasteiger partial charge in [-0.15, -0.1) is 11.3 Å². The third-order valence-corrected chi connectivity index (χ3v) is 6.69. The number of sulfonamides is 1. The molecule has 27 heavy (non-hydrogen) atoms. The highest BCUT2D eigenvalue weighted by atomic mass is 32.2. The molecule has 1 N–H and O–H groups in total. The quantitative estimate of drug-likeness (QED) is 0.629. The zero-order chi connectivity index (χ0) is 19.4. The first-order chi connectivity index (χ1) is 12.8. The van der Waals surface area contributed by atoms with Crippen LogP contribution in [0.5, 0.6) is 0 Å². The summed E-state index contributed by atoms with van der Waals surface area (Å²) in [5, 5.41) is 9.29. The van der Waals surface area contributed by atoms with Gasteiger partial charge in [0.05, 0.1) is 17.6 Å². The Morgan fingerprint density at radius 3 is 2.56 bits per heavy atom. The van der Waals surface area contributed by atoms with Gasteiger partial charge in [0.2, 0.25) is 15.9 Å². The van der Waals surface area contributed by atoms with Crippen molar-refractivity contribution < 1.29 is 13.2 Å². The van der Waals surface area contributed by atoms with Gasteiger partial charge in [-0.05, 0) is 40.9 Å². The molecule has 2 heterocycles. The van der Waals surface area contributed by atoms with E-state index in [0.29, 0.717) is 23.7 Å². The molecule has 142 valence electrons. The third-order valence-electron chi connectivity index (χ3n) is 4.00. The van der Waals surface area contributed by atoms with Crippen molar-refractivity contribution in [1.82, 2.24) is 4.98 Å². The molecule has 3 aromatic rings. The summed E-state index contributed by atoms with van der Waals surface area (Å²) in [6.45, 7) is 0. The van der Waals surface area contributed by atoms with Gasteiger partial charge in [-0.2, -0.15) is 11.3 Å². The van der Waals surface area contributed by atoms with Crippen LogP contribution in [-0.2, 0) is 21.2 Å². The molecule has 3 rings (SSSR count). The largest absolute Gasteiger partial charge is 0.302 e. The highest BCUT2D eigenvalue weighted by Gasteiger charge is 2.13. The maximum absolute atomic E-state index is 12.1. The Kier molecular flexibility index (Phi) is 5.93. The molecule has 0 radical (unpaired) electrons. The van der Waals surface area contributed by atoms with Gasteiger partial charge in [0.1, 0.15) is 0 Å². The molecule has 0 aliphatic carbocycles. The summed E-state index contributed by atoms with van der Waals surface area (Å²) in [4.78, 5) is 16.5. The number of amides is 1. The molecular weight excluding hydrogens is 402 g/mol. The van der Waals surface area contributed by atoms with Crippen LogP contribution in [0.25, 0.3) is 11.3 Å². The predicted molar refractivity (Wildman–Crippen MR) is 112 cm³/mol. The Morgan fingerprint density at radius 1 is 1.19 bits per heavy atom. The minimum atomic E-state index is -3.29. The number of benzene rings is 1. The zero-order valence-electron chi connectivity index (χ0n) is 14.9. The zero-order valence-corrected chi connectivity index (χ0v) is 17.3. The van der Waals surface area contributed by atoms with E-state index in [0.717, 1.165) is 23.1 Å². The number of hydrogen-bond donors (Lipinski definition) is 1. The highest BCUT2D eigenvalue weighted by Crippen LogP contribution is 2.27. The Hall–Kier alpha value is -2.23. The van der Waals surface area contributed by atoms with E-state index in [1.54, 1.807) is 23.5 Å². The number of nitrogens with zero attached hydrogens (tertiary/aromatic N) is 2. The molecule has 0 aliphatic rings. The van der Waals surface area contributed by atoms with Crippen molar-refractivity contribution in [3.63, 3.8) is 0 Å². The fraction of sp³-hybridized carbons (Fsp3) is 0.222. The smallest absolute Gasteiger partial charge is 0.231 e. The number of thiazole rings is 1. The standard InChI is InChI=1S/C18H19N3O3S3/c1-21(27(2,23)24)15-6-4-14(5-7-15)16-12-26-18(19-16)20-17(22)8-3-13-9-10-25-11-13/h4-7,9-12H,3,8H2,1-2H3,(H,19,20,22). The molecule has 1 amide bonds. The Bertz CT molecular complexity index is 1010. The van der Waals surface area contributed by atoms with Crippen molar-refractivity contribution >= 4 is 49.4 Å². The lowest BCUT2D eigenvalue weighted by atomic mass is 10.1. The molecule has 0 atom stereocenters. The van der Waals surface area contributed by atoms with Crippen LogP contribution in [0, 0.1) is 0 Å². The second kappa shape index (κ2) is 8.20. The lowest BCUT2D eigenvalue weighted by molar-refractivity contribution is -0.116. The van der Waals surface area contributed by atoms with Crippen LogP contribution in [0.3, 0.4) is 0 Å². The van der Waals surface area contributed by atoms with Crippen LogP contribution in [0.15, 0.2) is 46.5 Å². The van der Waals surface area contributed by atoms with Crippen molar-refractivity contribution in [1.29, 1.82) is 0 Å². The van der Waals surface area contributed by atoms with E-state index in [2.05, 4.69) is 10.3 Å². The molecule has 0 unspecified atom stereocenters. The lowest BCUT2D eigenvalue weighted by Crippen LogP contribution is -2.24. The first kappa shape index (κ1) is 19.5. The first-order valence-corrected chi connectivity index (χ1v) is 11.8. The van der Waals surface area contributed by atoms with E-state index in [4.69, 9.17) is 0 Å². The third kappa shape index (κ3) is 5.15. The van der Waals surface area contributed by atoms with E-state index >= 15 is 0 Å². The van der Waals surface area contributed by atoms with Crippen molar-refractivity contribution in [2.24, 2.45) is 0 Å². The summed E-state index contributed by atoms with van der Waals surface area (Å²) in [7, 11) is -1.78. The Morgan fingerprint density at radius 2 is 1.93 bits per heavy atom. The van der Waals surface area contributed by atoms with Crippen molar-refractivity contribution in [3.8, 4) is 11.3 Å². The van der Waals surface area contributed by atoms with Crippen molar-refractivity contribution in [2.45, 2.75) is 12.8 Å². The Balaban J connectivity index is 1.62. The molecule has 0 fully saturated rings. The van der Waals surface area contributed by atoms with Gasteiger partial charge in [-0.3, -0.25) is 9.10 Å². The van der Waals surface area contributed by atoms with E-state index < -0.39 is 10.0 Å². The second-order valence-corrected chi connectivity index (χ2v) is 9.65. The first-order valence-electron chi connectivity index (χ1n) is 8.14. The van der Waals surface area contributed by atoms with Gasteiger partial charge in [0, 0.05) is 24.4 Å². The average Bonchev–Trinajstić information content (AvgIpc) is 3.30. The van der Waals surface area contributed by atoms with Crippen LogP contribution in [0.1, 0.15) is 12.0 Å². The predicted octanol–water partition coefficient (Wildman–Crippen LogP) is 3.84. The number of carbonyl (C=O) groups excluding carboxylic acids is 1. The number of rotatable bonds is 7. The molecule has 9 heteroatoms. The van der Waals surface area contributed by atoms with E-state index in [-0.39, 0.29) is 5.91 Å². The van der Waals surface area contributed by atoms with Gasteiger partial charge >= 0.3 is 0 Å². The summed E-state index contributed by atoms with van der Waals surface area (Å²) < 4.78 is 24.4. The molecule has 0 saturated heterocycles. The van der Waals surface area contributed by atoms with Gasteiger partial charge < -0.3 is 5.32 Å². The van der Waals surface area contributed by atoms with Gasteiger partial charge in [-0.25, -0.2) is 13.4 Å². The molecule has 0 saturated carbocycles. The number of nitrogens with one attached hydrogen (secondary N) is 1. The minimum absolute atomic E-state index is 0.0628. The minimum Gasteiger partial charge on any atom is -0.302 e. The highest BCUT2D eigenvalue weighted by molar-refractivity contribution is 7.92. The summed E-state index contributed by atoms with van der Waals surface area (Å²) in [5.41, 5.74) is 3.34. The number of aryl methyl sites for hydroxylation is 1. The number of hydrogen-bond acceptors (Lipinski definition) is 6. The van der Waals surface area contributed by atoms with E-state index in [9.17, 15) is 13.2 Å². The van der Waals surface area contributed by atoms with Crippen LogP contribution >= 0.6 is 22.7 Å². The summed E-state index contributed by atoms with van der Waals surface area (Å²) in [6, 6.07) is 9.11. The number of thiophene rings is 1. The molecule has 2 aromatic heterocycles. The number of aromatic nitrogens is 1. The van der Waals surface area contributed by atoms with Gasteiger partial charge in [-0.1, -0.05) is 12.1 Å². The SMILES string of the molecule is CN(c1ccc(-c2csc(NC(=O)CCc3ccsc3)n2)cc1)S(C)(=O)=O. The summed E-state index contributed by atoms with van der Waals surface area (Å²) in [5.74, 6) is -0.0628. The van der Waals surface area contributed by atoms with Crippen LogP contribution in [-0.4, -0.2) is 32.6 Å². The van der Waals surface area contributed by atoms with Crippen LogP contribution < -0.4 is 9.62 Å². The van der Waals surface area contributed by atoms with Crippen LogP contribution in [0.4, 0.5) is 10.8 Å². The average molecular weight is 422 g/mol. The second-order valence-electron chi connectivity index (χ2n) is 6.00. The van der Waals surface area contributed by atoms with Crippen LogP contribution in [0.2, 0.25) is 0 Å². The van der Waals surface area contributed by atoms with Gasteiger partial charge in [0.15, 0.2) is 5.13 Å². The number of carbonyl (C=O) groups is 1. The molecule has 0 aliphatic heterocycles. The summed E-state index contributed by atoms with van der Waals surface area (Å²) in [6.07, 6.45) is 2.29. The molecule has 6 nitrogen and oxygen atoms in total. The normalized spacial score (nSPS) is 11.3. The molecular formula is C18H19N3O3S3. The molecule has 0 bridgehead atoms. The lowest BCUT2D eigenvalue weighted by Gasteiger charge is -2.16. The van der Waals surface area contributed by atoms with Gasteiger partial charge in [0.25, 0.3) is 0 Å². The van der Waals surface area contributed by atoms with E-state index in [1.165, 1.54) is 22.7 Å². The fourth-order valence-corrected chi connectivity index (χ4v) is 4.32. The van der Waals surface area contributed by atoms with Crippen molar-refractivity contribution in [2.75, 3.05) is 22.9 Å². The van der Waals surface area contributed by atoms with E-state index in [1.807, 2.05) is 34.3 Å². The topological polar surface area (TPSA) is 79.4 Å². The molecule has 0 spiro atoms.